The van der Waals surface area contributed by atoms with E-state index in [1.807, 2.05) is 39.8 Å². The number of aromatic nitrogens is 1. The zero-order valence-corrected chi connectivity index (χ0v) is 20.8. The largest absolute Gasteiger partial charge is 0.477 e. The topological polar surface area (TPSA) is 96.9 Å². The van der Waals surface area contributed by atoms with Crippen molar-refractivity contribution in [3.63, 3.8) is 0 Å². The van der Waals surface area contributed by atoms with E-state index in [0.717, 1.165) is 31.1 Å². The third kappa shape index (κ3) is 12.0. The second kappa shape index (κ2) is 13.5. The van der Waals surface area contributed by atoms with Crippen molar-refractivity contribution in [3.8, 4) is 5.88 Å². The predicted molar refractivity (Wildman–Crippen MR) is 130 cm³/mol. The standard InChI is InChI=1S/C21H35N5O3.HI/c1-5-22-19(23-11-6-12-24-20(27)29-21(2,3)4)26-14-17-9-10-18(25-13-17)28-15-16-7-8-16;/h9-10,13,16H,5-8,11-12,14-15H2,1-4H3,(H,24,27)(H2,22,23,26);1H. The highest BCUT2D eigenvalue weighted by atomic mass is 127. The number of halogens is 1. The summed E-state index contributed by atoms with van der Waals surface area (Å²) in [7, 11) is 0. The zero-order valence-electron chi connectivity index (χ0n) is 18.5. The number of carbonyl (C=O) groups excluding carboxylic acids is 1. The average molecular weight is 533 g/mol. The molecule has 0 saturated heterocycles. The van der Waals surface area contributed by atoms with E-state index in [4.69, 9.17) is 9.47 Å². The fourth-order valence-corrected chi connectivity index (χ4v) is 2.39. The van der Waals surface area contributed by atoms with Gasteiger partial charge in [-0.3, -0.25) is 0 Å². The summed E-state index contributed by atoms with van der Waals surface area (Å²) in [5.74, 6) is 2.13. The Labute approximate surface area is 197 Å². The molecule has 1 aliphatic rings. The van der Waals surface area contributed by atoms with Crippen molar-refractivity contribution in [2.45, 2.75) is 59.1 Å². The Hall–Kier alpha value is -1.78. The van der Waals surface area contributed by atoms with Crippen LogP contribution in [0.5, 0.6) is 5.88 Å². The van der Waals surface area contributed by atoms with Crippen LogP contribution in [0.15, 0.2) is 23.3 Å². The molecule has 170 valence electrons. The highest BCUT2D eigenvalue weighted by Gasteiger charge is 2.22. The molecule has 9 heteroatoms. The SMILES string of the molecule is CCNC(=NCc1ccc(OCC2CC2)nc1)NCCCNC(=O)OC(C)(C)C.I. The number of guanidine groups is 1. The van der Waals surface area contributed by atoms with E-state index in [2.05, 4.69) is 25.9 Å². The Morgan fingerprint density at radius 1 is 1.20 bits per heavy atom. The lowest BCUT2D eigenvalue weighted by Gasteiger charge is -2.19. The number of pyridine rings is 1. The van der Waals surface area contributed by atoms with Gasteiger partial charge < -0.3 is 25.4 Å². The molecule has 1 aliphatic carbocycles. The van der Waals surface area contributed by atoms with Crippen molar-refractivity contribution in [2.24, 2.45) is 10.9 Å². The van der Waals surface area contributed by atoms with E-state index >= 15 is 0 Å². The first-order chi connectivity index (χ1) is 13.9. The monoisotopic (exact) mass is 533 g/mol. The smallest absolute Gasteiger partial charge is 0.407 e. The molecule has 0 aliphatic heterocycles. The van der Waals surface area contributed by atoms with Gasteiger partial charge in [-0.1, -0.05) is 6.07 Å². The lowest BCUT2D eigenvalue weighted by atomic mass is 10.2. The number of amides is 1. The molecule has 3 N–H and O–H groups in total. The van der Waals surface area contributed by atoms with E-state index in [9.17, 15) is 4.79 Å². The lowest BCUT2D eigenvalue weighted by molar-refractivity contribution is 0.0527. The van der Waals surface area contributed by atoms with Crippen LogP contribution in [-0.2, 0) is 11.3 Å². The van der Waals surface area contributed by atoms with Crippen LogP contribution in [-0.4, -0.2) is 48.9 Å². The minimum absolute atomic E-state index is 0. The Balaban J connectivity index is 0.00000450. The van der Waals surface area contributed by atoms with Gasteiger partial charge in [0.1, 0.15) is 5.60 Å². The van der Waals surface area contributed by atoms with Crippen molar-refractivity contribution < 1.29 is 14.3 Å². The lowest BCUT2D eigenvalue weighted by Crippen LogP contribution is -2.39. The highest BCUT2D eigenvalue weighted by molar-refractivity contribution is 14.0. The van der Waals surface area contributed by atoms with Gasteiger partial charge in [0.25, 0.3) is 0 Å². The maximum absolute atomic E-state index is 11.6. The van der Waals surface area contributed by atoms with Crippen LogP contribution >= 0.6 is 24.0 Å². The van der Waals surface area contributed by atoms with Gasteiger partial charge in [0, 0.05) is 31.9 Å². The molecular weight excluding hydrogens is 497 g/mol. The molecule has 0 atom stereocenters. The molecule has 1 amide bonds. The molecule has 8 nitrogen and oxygen atoms in total. The third-order valence-electron chi connectivity index (χ3n) is 4.04. The van der Waals surface area contributed by atoms with E-state index in [1.54, 1.807) is 6.20 Å². The number of rotatable bonds is 10. The van der Waals surface area contributed by atoms with E-state index in [-0.39, 0.29) is 24.0 Å². The van der Waals surface area contributed by atoms with Gasteiger partial charge in [-0.05, 0) is 58.4 Å². The van der Waals surface area contributed by atoms with Gasteiger partial charge in [0.15, 0.2) is 5.96 Å². The summed E-state index contributed by atoms with van der Waals surface area (Å²) < 4.78 is 10.9. The van der Waals surface area contributed by atoms with Gasteiger partial charge in [-0.2, -0.15) is 0 Å². The zero-order chi connectivity index (χ0) is 21.1. The molecule has 1 aromatic rings. The van der Waals surface area contributed by atoms with E-state index in [1.165, 1.54) is 12.8 Å². The number of nitrogens with zero attached hydrogens (tertiary/aromatic N) is 2. The minimum Gasteiger partial charge on any atom is -0.477 e. The van der Waals surface area contributed by atoms with Crippen molar-refractivity contribution >= 4 is 36.0 Å². The summed E-state index contributed by atoms with van der Waals surface area (Å²) in [6.45, 7) is 10.8. The molecule has 2 rings (SSSR count). The summed E-state index contributed by atoms with van der Waals surface area (Å²) in [4.78, 5) is 20.5. The highest BCUT2D eigenvalue weighted by Crippen LogP contribution is 2.29. The first kappa shape index (κ1) is 26.3. The Bertz CT molecular complexity index is 658. The number of nitrogens with one attached hydrogen (secondary N) is 3. The average Bonchev–Trinajstić information content (AvgIpc) is 3.48. The molecule has 30 heavy (non-hydrogen) atoms. The first-order valence-corrected chi connectivity index (χ1v) is 10.4. The number of aliphatic imine (C=N–C) groups is 1. The van der Waals surface area contributed by atoms with E-state index < -0.39 is 11.7 Å². The third-order valence-corrected chi connectivity index (χ3v) is 4.04. The fraction of sp³-hybridized carbons (Fsp3) is 0.667. The molecule has 0 unspecified atom stereocenters. The Morgan fingerprint density at radius 2 is 1.93 bits per heavy atom. The summed E-state index contributed by atoms with van der Waals surface area (Å²) >= 11 is 0. The minimum atomic E-state index is -0.483. The summed E-state index contributed by atoms with van der Waals surface area (Å²) in [5.41, 5.74) is 0.538. The Kier molecular flexibility index (Phi) is 11.8. The molecule has 1 saturated carbocycles. The predicted octanol–water partition coefficient (Wildman–Crippen LogP) is 3.46. The van der Waals surface area contributed by atoms with Crippen molar-refractivity contribution in [3.05, 3.63) is 23.9 Å². The van der Waals surface area contributed by atoms with Gasteiger partial charge in [0.2, 0.25) is 5.88 Å². The van der Waals surface area contributed by atoms with Crippen molar-refractivity contribution in [1.29, 1.82) is 0 Å². The number of hydrogen-bond acceptors (Lipinski definition) is 5. The van der Waals surface area contributed by atoms with Crippen LogP contribution in [0.4, 0.5) is 4.79 Å². The molecule has 0 aromatic carbocycles. The summed E-state index contributed by atoms with van der Waals surface area (Å²) in [6.07, 6.45) is 4.71. The molecule has 1 heterocycles. The number of ether oxygens (including phenoxy) is 2. The normalized spacial score (nSPS) is 13.8. The maximum atomic E-state index is 11.6. The van der Waals surface area contributed by atoms with Gasteiger partial charge in [-0.25, -0.2) is 14.8 Å². The van der Waals surface area contributed by atoms with Crippen molar-refractivity contribution in [1.82, 2.24) is 20.9 Å². The van der Waals surface area contributed by atoms with Crippen LogP contribution < -0.4 is 20.7 Å². The van der Waals surface area contributed by atoms with Gasteiger partial charge in [-0.15, -0.1) is 24.0 Å². The second-order valence-electron chi connectivity index (χ2n) is 8.16. The maximum Gasteiger partial charge on any atom is 0.407 e. The fourth-order valence-electron chi connectivity index (χ4n) is 2.39. The summed E-state index contributed by atoms with van der Waals surface area (Å²) in [5, 5.41) is 9.23. The summed E-state index contributed by atoms with van der Waals surface area (Å²) in [6, 6.07) is 3.89. The van der Waals surface area contributed by atoms with Crippen LogP contribution in [0, 0.1) is 5.92 Å². The molecule has 1 aromatic heterocycles. The van der Waals surface area contributed by atoms with Crippen molar-refractivity contribution in [2.75, 3.05) is 26.2 Å². The van der Waals surface area contributed by atoms with Gasteiger partial charge in [0.05, 0.1) is 13.2 Å². The van der Waals surface area contributed by atoms with Gasteiger partial charge >= 0.3 is 6.09 Å². The van der Waals surface area contributed by atoms with E-state index in [0.29, 0.717) is 31.4 Å². The van der Waals surface area contributed by atoms with Crippen LogP contribution in [0.2, 0.25) is 0 Å². The molecule has 0 spiro atoms. The number of carbonyl (C=O) groups is 1. The number of alkyl carbamates (subject to hydrolysis) is 1. The number of hydrogen-bond donors (Lipinski definition) is 3. The quantitative estimate of drug-likeness (QED) is 0.185. The Morgan fingerprint density at radius 3 is 2.53 bits per heavy atom. The van der Waals surface area contributed by atoms with Crippen LogP contribution in [0.1, 0.15) is 52.5 Å². The van der Waals surface area contributed by atoms with Crippen LogP contribution in [0.3, 0.4) is 0 Å². The first-order valence-electron chi connectivity index (χ1n) is 10.4. The molecular formula is C21H36IN5O3. The second-order valence-corrected chi connectivity index (χ2v) is 8.16. The molecule has 0 radical (unpaired) electrons. The molecule has 0 bridgehead atoms. The molecule has 1 fully saturated rings. The van der Waals surface area contributed by atoms with Crippen LogP contribution in [0.25, 0.3) is 0 Å².